The average Bonchev–Trinajstić information content (AvgIpc) is 3.24. The van der Waals surface area contributed by atoms with Gasteiger partial charge in [-0.2, -0.15) is 0 Å². The maximum Gasteiger partial charge on any atom is 0.352 e. The zero-order valence-corrected chi connectivity index (χ0v) is 23.1. The summed E-state index contributed by atoms with van der Waals surface area (Å²) in [7, 11) is 1.57. The van der Waals surface area contributed by atoms with E-state index >= 15 is 0 Å². The van der Waals surface area contributed by atoms with Gasteiger partial charge in [0.05, 0.1) is 24.5 Å². The average molecular weight is 558 g/mol. The number of carbonyl (C=O) groups is 4. The Bertz CT molecular complexity index is 1270. The smallest absolute Gasteiger partial charge is 0.352 e. The van der Waals surface area contributed by atoms with E-state index in [0.29, 0.717) is 24.3 Å². The highest BCUT2D eigenvalue weighted by atomic mass is 16.6. The summed E-state index contributed by atoms with van der Waals surface area (Å²) in [4.78, 5) is 48.2. The molecule has 4 aliphatic rings. The van der Waals surface area contributed by atoms with E-state index in [2.05, 4.69) is 5.32 Å². The lowest BCUT2D eigenvalue weighted by atomic mass is 9.47. The van der Waals surface area contributed by atoms with Crippen molar-refractivity contribution in [1.82, 2.24) is 5.32 Å². The molecule has 5 rings (SSSR count). The van der Waals surface area contributed by atoms with E-state index < -0.39 is 53.1 Å². The van der Waals surface area contributed by atoms with Crippen LogP contribution in [0.4, 0.5) is 0 Å². The molecule has 1 fully saturated rings. The summed E-state index contributed by atoms with van der Waals surface area (Å²) in [6.45, 7) is 3.95. The van der Waals surface area contributed by atoms with E-state index in [1.807, 2.05) is 12.1 Å². The summed E-state index contributed by atoms with van der Waals surface area (Å²) in [5.41, 5.74) is 0.267. The third-order valence-corrected chi connectivity index (χ3v) is 8.67. The first-order chi connectivity index (χ1) is 19.0. The molecule has 2 bridgehead atoms. The molecule has 0 aromatic heterocycles. The zero-order chi connectivity index (χ0) is 28.8. The van der Waals surface area contributed by atoms with Gasteiger partial charge in [0.15, 0.2) is 29.8 Å². The van der Waals surface area contributed by atoms with E-state index in [0.717, 1.165) is 30.4 Å². The number of hydrogen-bond donors (Lipinski definition) is 2. The van der Waals surface area contributed by atoms with Gasteiger partial charge in [-0.3, -0.25) is 14.4 Å². The van der Waals surface area contributed by atoms with Crippen molar-refractivity contribution in [2.75, 3.05) is 13.7 Å². The number of benzene rings is 1. The Morgan fingerprint density at radius 1 is 1.18 bits per heavy atom. The van der Waals surface area contributed by atoms with Gasteiger partial charge in [-0.15, -0.1) is 0 Å². The number of ether oxygens (including phenoxy) is 5. The van der Waals surface area contributed by atoms with Crippen LogP contribution in [0.3, 0.4) is 0 Å². The van der Waals surface area contributed by atoms with Crippen LogP contribution in [0.25, 0.3) is 0 Å². The fourth-order valence-electron chi connectivity index (χ4n) is 6.92. The molecule has 1 saturated carbocycles. The number of aliphatic hydroxyl groups is 1. The minimum Gasteiger partial charge on any atom is -0.493 e. The Kier molecular flexibility index (Phi) is 7.28. The Hall–Kier alpha value is -3.60. The first-order valence-electron chi connectivity index (χ1n) is 13.7. The SMILES string of the molecule is COc1ccc2c3c1O[C@H]1C(OC(=O)[C@H](C)OC(=O)CCNC(=O)[C@H](C)OC(C)=O)=CC[C@@]4(O)[C@H](CCC[C@]314)C2. The molecule has 1 heterocycles. The molecule has 2 N–H and O–H groups in total. The van der Waals surface area contributed by atoms with Crippen molar-refractivity contribution in [3.8, 4) is 11.5 Å². The van der Waals surface area contributed by atoms with E-state index in [1.165, 1.54) is 20.8 Å². The molecule has 11 heteroatoms. The van der Waals surface area contributed by atoms with Gasteiger partial charge < -0.3 is 34.1 Å². The van der Waals surface area contributed by atoms with Crippen molar-refractivity contribution in [2.45, 2.75) is 88.6 Å². The Balaban J connectivity index is 1.25. The van der Waals surface area contributed by atoms with Crippen LogP contribution in [-0.2, 0) is 45.2 Å². The fraction of sp³-hybridized carbons (Fsp3) is 0.586. The highest BCUT2D eigenvalue weighted by Gasteiger charge is 2.71. The van der Waals surface area contributed by atoms with Gasteiger partial charge >= 0.3 is 17.9 Å². The summed E-state index contributed by atoms with van der Waals surface area (Å²) in [6.07, 6.45) is 2.15. The largest absolute Gasteiger partial charge is 0.493 e. The number of esters is 3. The number of nitrogens with one attached hydrogen (secondary N) is 1. The maximum absolute atomic E-state index is 13.0. The maximum atomic E-state index is 13.0. The normalized spacial score (nSPS) is 28.6. The van der Waals surface area contributed by atoms with E-state index in [4.69, 9.17) is 23.7 Å². The standard InChI is InChI=1S/C29H35NO10/c1-15(37-17(3)31)26(33)30-13-10-22(32)38-16(2)27(34)39-21-9-12-29(35)19-6-5-11-28(29)23-18(14-19)7-8-20(36-4)24(23)40-25(21)28/h7-9,15-16,19,25,35H,5-6,10-14H2,1-4H3,(H,30,33)/t15-,16-,19+,25-,28-,29+/m0/s1. The van der Waals surface area contributed by atoms with Crippen molar-refractivity contribution in [1.29, 1.82) is 0 Å². The number of hydrogen-bond acceptors (Lipinski definition) is 10. The van der Waals surface area contributed by atoms with Gasteiger partial charge in [-0.05, 0) is 63.2 Å². The second-order valence-corrected chi connectivity index (χ2v) is 11.0. The minimum atomic E-state index is -1.22. The van der Waals surface area contributed by atoms with Crippen LogP contribution in [0.5, 0.6) is 11.5 Å². The van der Waals surface area contributed by atoms with Crippen LogP contribution in [0, 0.1) is 5.92 Å². The van der Waals surface area contributed by atoms with Crippen LogP contribution in [0.15, 0.2) is 24.0 Å². The van der Waals surface area contributed by atoms with Crippen molar-refractivity contribution >= 4 is 23.8 Å². The predicted molar refractivity (Wildman–Crippen MR) is 138 cm³/mol. The van der Waals surface area contributed by atoms with Crippen LogP contribution < -0.4 is 14.8 Å². The lowest BCUT2D eigenvalue weighted by molar-refractivity contribution is -0.171. The molecule has 1 spiro atoms. The van der Waals surface area contributed by atoms with Crippen LogP contribution in [0.2, 0.25) is 0 Å². The van der Waals surface area contributed by atoms with Gasteiger partial charge in [0, 0.05) is 19.0 Å². The molecule has 216 valence electrons. The first kappa shape index (κ1) is 27.9. The molecule has 40 heavy (non-hydrogen) atoms. The summed E-state index contributed by atoms with van der Waals surface area (Å²) in [6, 6.07) is 3.91. The Labute approximate surface area is 232 Å². The summed E-state index contributed by atoms with van der Waals surface area (Å²) < 4.78 is 27.8. The fourth-order valence-corrected chi connectivity index (χ4v) is 6.92. The number of methoxy groups -OCH3 is 1. The predicted octanol–water partition coefficient (Wildman–Crippen LogP) is 2.00. The van der Waals surface area contributed by atoms with Gasteiger partial charge in [0.25, 0.3) is 5.91 Å². The molecule has 3 aliphatic carbocycles. The molecule has 1 amide bonds. The van der Waals surface area contributed by atoms with Crippen LogP contribution in [0.1, 0.15) is 64.0 Å². The second kappa shape index (κ2) is 10.4. The molecule has 6 atom stereocenters. The van der Waals surface area contributed by atoms with Gasteiger partial charge in [0.1, 0.15) is 5.76 Å². The number of rotatable bonds is 9. The van der Waals surface area contributed by atoms with Gasteiger partial charge in [-0.1, -0.05) is 12.5 Å². The molecule has 1 aliphatic heterocycles. The third kappa shape index (κ3) is 4.40. The third-order valence-electron chi connectivity index (χ3n) is 8.67. The van der Waals surface area contributed by atoms with E-state index in [9.17, 15) is 24.3 Å². The number of amides is 1. The highest BCUT2D eigenvalue weighted by Crippen LogP contribution is 2.67. The monoisotopic (exact) mass is 557 g/mol. The van der Waals surface area contributed by atoms with Gasteiger partial charge in [-0.25, -0.2) is 4.79 Å². The van der Waals surface area contributed by atoms with Crippen LogP contribution >= 0.6 is 0 Å². The van der Waals surface area contributed by atoms with Crippen molar-refractivity contribution < 1.29 is 48.0 Å². The zero-order valence-electron chi connectivity index (χ0n) is 23.1. The molecule has 1 aromatic carbocycles. The molecule has 0 saturated heterocycles. The molecule has 1 aromatic rings. The second-order valence-electron chi connectivity index (χ2n) is 11.0. The van der Waals surface area contributed by atoms with Crippen LogP contribution in [-0.4, -0.2) is 66.5 Å². The lowest BCUT2D eigenvalue weighted by Crippen LogP contribution is -2.67. The summed E-state index contributed by atoms with van der Waals surface area (Å²) >= 11 is 0. The van der Waals surface area contributed by atoms with Gasteiger partial charge in [0.2, 0.25) is 0 Å². The topological polar surface area (TPSA) is 147 Å². The molecular weight excluding hydrogens is 522 g/mol. The molecular formula is C29H35NO10. The lowest BCUT2D eigenvalue weighted by Gasteiger charge is -2.59. The van der Waals surface area contributed by atoms with Crippen molar-refractivity contribution in [3.05, 3.63) is 35.1 Å². The van der Waals surface area contributed by atoms with Crippen molar-refractivity contribution in [3.63, 3.8) is 0 Å². The van der Waals surface area contributed by atoms with E-state index in [1.54, 1.807) is 13.2 Å². The minimum absolute atomic E-state index is 0.0587. The Morgan fingerprint density at radius 2 is 1.95 bits per heavy atom. The highest BCUT2D eigenvalue weighted by molar-refractivity contribution is 5.84. The Morgan fingerprint density at radius 3 is 2.67 bits per heavy atom. The summed E-state index contributed by atoms with van der Waals surface area (Å²) in [5.74, 6) is -1.13. The summed E-state index contributed by atoms with van der Waals surface area (Å²) in [5, 5.41) is 14.6. The quantitative estimate of drug-likeness (QED) is 0.341. The van der Waals surface area contributed by atoms with Crippen molar-refractivity contribution in [2.24, 2.45) is 5.92 Å². The molecule has 0 radical (unpaired) electrons. The molecule has 0 unspecified atom stereocenters. The van der Waals surface area contributed by atoms with E-state index in [-0.39, 0.29) is 24.6 Å². The number of carbonyl (C=O) groups excluding carboxylic acids is 4. The molecule has 11 nitrogen and oxygen atoms in total. The first-order valence-corrected chi connectivity index (χ1v) is 13.7.